The van der Waals surface area contributed by atoms with Crippen molar-refractivity contribution < 1.29 is 17.9 Å². The number of ether oxygens (including phenoxy) is 1. The van der Waals surface area contributed by atoms with Crippen LogP contribution in [0.1, 0.15) is 22.8 Å². The summed E-state index contributed by atoms with van der Waals surface area (Å²) in [5.74, 6) is 0.987. The van der Waals surface area contributed by atoms with Crippen LogP contribution in [0.15, 0.2) is 82.1 Å². The SMILES string of the molecule is CCN1CC(CN(C)C(=O)c2ccc(NC3=NS(=O)(=O)c4ccccc43)cc2)Oc2ccccc21. The molecular weight excluding hydrogens is 464 g/mol. The van der Waals surface area contributed by atoms with Gasteiger partial charge < -0.3 is 19.9 Å². The molecule has 8 nitrogen and oxygen atoms in total. The van der Waals surface area contributed by atoms with Crippen molar-refractivity contribution in [2.75, 3.05) is 36.9 Å². The lowest BCUT2D eigenvalue weighted by atomic mass is 10.1. The van der Waals surface area contributed by atoms with Gasteiger partial charge in [-0.15, -0.1) is 4.40 Å². The van der Waals surface area contributed by atoms with Gasteiger partial charge in [0.05, 0.1) is 18.8 Å². The van der Waals surface area contributed by atoms with Crippen molar-refractivity contribution in [3.63, 3.8) is 0 Å². The number of rotatable bonds is 5. The molecule has 0 saturated carbocycles. The molecule has 9 heteroatoms. The molecule has 5 rings (SSSR count). The van der Waals surface area contributed by atoms with E-state index in [4.69, 9.17) is 4.74 Å². The molecule has 1 unspecified atom stereocenters. The van der Waals surface area contributed by atoms with Gasteiger partial charge in [0.2, 0.25) is 0 Å². The molecular formula is C26H26N4O4S. The van der Waals surface area contributed by atoms with E-state index in [2.05, 4.69) is 21.5 Å². The van der Waals surface area contributed by atoms with E-state index in [1.165, 1.54) is 6.07 Å². The van der Waals surface area contributed by atoms with Crippen molar-refractivity contribution in [3.05, 3.63) is 83.9 Å². The molecule has 3 aromatic rings. The van der Waals surface area contributed by atoms with Gasteiger partial charge in [0, 0.05) is 30.4 Å². The predicted molar refractivity (Wildman–Crippen MR) is 136 cm³/mol. The minimum absolute atomic E-state index is 0.117. The number of likely N-dealkylation sites (N-methyl/N-ethyl adjacent to an activating group) is 2. The summed E-state index contributed by atoms with van der Waals surface area (Å²) in [6.07, 6.45) is -0.137. The lowest BCUT2D eigenvalue weighted by molar-refractivity contribution is 0.0709. The summed E-state index contributed by atoms with van der Waals surface area (Å²) in [5, 5.41) is 3.05. The van der Waals surface area contributed by atoms with Crippen LogP contribution in [0.4, 0.5) is 11.4 Å². The van der Waals surface area contributed by atoms with Crippen LogP contribution in [-0.2, 0) is 10.0 Å². The number of amides is 1. The van der Waals surface area contributed by atoms with Crippen LogP contribution in [0.3, 0.4) is 0 Å². The molecule has 1 atom stereocenters. The summed E-state index contributed by atoms with van der Waals surface area (Å²) < 4.78 is 34.5. The molecule has 1 amide bonds. The van der Waals surface area contributed by atoms with E-state index in [9.17, 15) is 13.2 Å². The Morgan fingerprint density at radius 3 is 2.57 bits per heavy atom. The highest BCUT2D eigenvalue weighted by Gasteiger charge is 2.29. The molecule has 0 aliphatic carbocycles. The number of carbonyl (C=O) groups excluding carboxylic acids is 1. The van der Waals surface area contributed by atoms with Crippen molar-refractivity contribution in [1.82, 2.24) is 4.90 Å². The van der Waals surface area contributed by atoms with Crippen LogP contribution in [-0.4, -0.2) is 57.8 Å². The first kappa shape index (κ1) is 22.9. The van der Waals surface area contributed by atoms with Gasteiger partial charge in [-0.05, 0) is 55.5 Å². The summed E-state index contributed by atoms with van der Waals surface area (Å²) in [6.45, 7) is 4.13. The van der Waals surface area contributed by atoms with E-state index in [0.717, 1.165) is 18.0 Å². The normalized spacial score (nSPS) is 17.6. The molecule has 2 heterocycles. The van der Waals surface area contributed by atoms with Crippen molar-refractivity contribution in [2.24, 2.45) is 4.40 Å². The van der Waals surface area contributed by atoms with Crippen LogP contribution in [0, 0.1) is 0 Å². The first-order chi connectivity index (χ1) is 16.9. The van der Waals surface area contributed by atoms with E-state index in [1.54, 1.807) is 54.4 Å². The van der Waals surface area contributed by atoms with Crippen molar-refractivity contribution in [3.8, 4) is 5.75 Å². The monoisotopic (exact) mass is 490 g/mol. The highest BCUT2D eigenvalue weighted by molar-refractivity contribution is 7.90. The summed E-state index contributed by atoms with van der Waals surface area (Å²) in [4.78, 5) is 17.2. The fourth-order valence-electron chi connectivity index (χ4n) is 4.41. The van der Waals surface area contributed by atoms with Gasteiger partial charge in [-0.25, -0.2) is 0 Å². The van der Waals surface area contributed by atoms with E-state index < -0.39 is 10.0 Å². The quantitative estimate of drug-likeness (QED) is 0.588. The maximum absolute atomic E-state index is 13.1. The van der Waals surface area contributed by atoms with Gasteiger partial charge >= 0.3 is 0 Å². The Hall–Kier alpha value is -3.85. The van der Waals surface area contributed by atoms with Gasteiger partial charge in [0.1, 0.15) is 16.7 Å². The van der Waals surface area contributed by atoms with E-state index in [1.807, 2.05) is 24.3 Å². The summed E-state index contributed by atoms with van der Waals surface area (Å²) in [6, 6.07) is 21.5. The summed E-state index contributed by atoms with van der Waals surface area (Å²) in [5.41, 5.74) is 2.77. The number of anilines is 2. The molecule has 2 aliphatic rings. The molecule has 0 bridgehead atoms. The average molecular weight is 491 g/mol. The molecule has 35 heavy (non-hydrogen) atoms. The largest absolute Gasteiger partial charge is 0.485 e. The smallest absolute Gasteiger partial charge is 0.285 e. The molecule has 0 saturated heterocycles. The molecule has 180 valence electrons. The van der Waals surface area contributed by atoms with Crippen molar-refractivity contribution in [2.45, 2.75) is 17.9 Å². The maximum atomic E-state index is 13.1. The third-order valence-electron chi connectivity index (χ3n) is 6.16. The molecule has 2 aliphatic heterocycles. The Labute approximate surface area is 204 Å². The van der Waals surface area contributed by atoms with E-state index in [-0.39, 0.29) is 22.7 Å². The Morgan fingerprint density at radius 2 is 1.80 bits per heavy atom. The number of para-hydroxylation sites is 2. The second-order valence-electron chi connectivity index (χ2n) is 8.55. The molecule has 1 N–H and O–H groups in total. The zero-order chi connectivity index (χ0) is 24.6. The Kier molecular flexibility index (Phi) is 5.94. The standard InChI is InChI=1S/C26H26N4O4S/c1-3-30-17-20(34-23-10-6-5-9-22(23)30)16-29(2)26(31)18-12-14-19(15-13-18)27-25-21-8-4-7-11-24(21)35(32,33)28-25/h4-15,20H,3,16-17H2,1-2H3,(H,27,28). The minimum atomic E-state index is -3.70. The lowest BCUT2D eigenvalue weighted by Crippen LogP contribution is -2.46. The zero-order valence-electron chi connectivity index (χ0n) is 19.5. The number of hydrogen-bond acceptors (Lipinski definition) is 6. The topological polar surface area (TPSA) is 91.3 Å². The number of nitrogens with one attached hydrogen (secondary N) is 1. The second-order valence-corrected chi connectivity index (χ2v) is 10.1. The molecule has 0 aromatic heterocycles. The molecule has 0 fully saturated rings. The first-order valence-electron chi connectivity index (χ1n) is 11.4. The van der Waals surface area contributed by atoms with Crippen LogP contribution < -0.4 is 15.0 Å². The fraction of sp³-hybridized carbons (Fsp3) is 0.231. The van der Waals surface area contributed by atoms with Crippen molar-refractivity contribution in [1.29, 1.82) is 0 Å². The zero-order valence-corrected chi connectivity index (χ0v) is 20.3. The Balaban J connectivity index is 1.25. The highest BCUT2D eigenvalue weighted by atomic mass is 32.2. The van der Waals surface area contributed by atoms with Crippen LogP contribution in [0.5, 0.6) is 5.75 Å². The minimum Gasteiger partial charge on any atom is -0.485 e. The molecule has 0 spiro atoms. The van der Waals surface area contributed by atoms with Crippen LogP contribution in [0.25, 0.3) is 0 Å². The highest BCUT2D eigenvalue weighted by Crippen LogP contribution is 2.33. The summed E-state index contributed by atoms with van der Waals surface area (Å²) >= 11 is 0. The van der Waals surface area contributed by atoms with Crippen LogP contribution in [0.2, 0.25) is 0 Å². The molecule has 3 aromatic carbocycles. The third-order valence-corrected chi connectivity index (χ3v) is 7.49. The van der Waals surface area contributed by atoms with Gasteiger partial charge in [0.15, 0.2) is 5.84 Å². The average Bonchev–Trinajstić information content (AvgIpc) is 3.13. The lowest BCUT2D eigenvalue weighted by Gasteiger charge is -2.37. The molecule has 0 radical (unpaired) electrons. The number of benzene rings is 3. The van der Waals surface area contributed by atoms with Crippen LogP contribution >= 0.6 is 0 Å². The van der Waals surface area contributed by atoms with Crippen molar-refractivity contribution >= 4 is 33.1 Å². The van der Waals surface area contributed by atoms with Gasteiger partial charge in [-0.2, -0.15) is 8.42 Å². The Bertz CT molecular complexity index is 1400. The van der Waals surface area contributed by atoms with E-state index in [0.29, 0.717) is 29.9 Å². The first-order valence-corrected chi connectivity index (χ1v) is 12.9. The number of fused-ring (bicyclic) bond motifs is 2. The second kappa shape index (κ2) is 9.07. The number of sulfonamides is 1. The maximum Gasteiger partial charge on any atom is 0.285 e. The number of carbonyl (C=O) groups is 1. The predicted octanol–water partition coefficient (Wildman–Crippen LogP) is 3.61. The van der Waals surface area contributed by atoms with Gasteiger partial charge in [-0.1, -0.05) is 24.3 Å². The summed E-state index contributed by atoms with van der Waals surface area (Å²) in [7, 11) is -1.93. The van der Waals surface area contributed by atoms with E-state index >= 15 is 0 Å². The third kappa shape index (κ3) is 4.46. The Morgan fingerprint density at radius 1 is 1.09 bits per heavy atom. The number of amidine groups is 1. The van der Waals surface area contributed by atoms with Gasteiger partial charge in [-0.3, -0.25) is 4.79 Å². The number of nitrogens with zero attached hydrogens (tertiary/aromatic N) is 3. The van der Waals surface area contributed by atoms with Gasteiger partial charge in [0.25, 0.3) is 15.9 Å². The number of hydrogen-bond donors (Lipinski definition) is 1. The fourth-order valence-corrected chi connectivity index (χ4v) is 5.59.